The van der Waals surface area contributed by atoms with Crippen LogP contribution in [0.4, 0.5) is 0 Å². The van der Waals surface area contributed by atoms with Crippen LogP contribution in [0.25, 0.3) is 0 Å². The Labute approximate surface area is 189 Å². The van der Waals surface area contributed by atoms with E-state index in [1.165, 1.54) is 0 Å². The van der Waals surface area contributed by atoms with E-state index in [4.69, 9.17) is 0 Å². The molecule has 0 saturated heterocycles. The molecule has 2 aliphatic carbocycles. The van der Waals surface area contributed by atoms with Crippen molar-refractivity contribution in [3.8, 4) is 0 Å². The van der Waals surface area contributed by atoms with Crippen molar-refractivity contribution in [2.45, 2.75) is 63.3 Å². The third kappa shape index (κ3) is 4.18. The number of hydrogen-bond donors (Lipinski definition) is 3. The number of carbonyl (C=O) groups is 2. The number of benzene rings is 2. The summed E-state index contributed by atoms with van der Waals surface area (Å²) >= 11 is 0. The number of amides is 1. The van der Waals surface area contributed by atoms with Crippen molar-refractivity contribution in [3.63, 3.8) is 0 Å². The SMILES string of the molecule is CC(CC(C(=O)O)C1(C(=O)NC2(CO)Cc3ccccc3C2)CCCC1)c1ccccc1. The van der Waals surface area contributed by atoms with Gasteiger partial charge in [-0.3, -0.25) is 9.59 Å². The molecular formula is C27H33NO4. The summed E-state index contributed by atoms with van der Waals surface area (Å²) in [6, 6.07) is 17.9. The van der Waals surface area contributed by atoms with Crippen LogP contribution in [0.15, 0.2) is 54.6 Å². The minimum Gasteiger partial charge on any atom is -0.481 e. The van der Waals surface area contributed by atoms with Crippen molar-refractivity contribution in [1.82, 2.24) is 5.32 Å². The van der Waals surface area contributed by atoms with Gasteiger partial charge in [0.2, 0.25) is 5.91 Å². The van der Waals surface area contributed by atoms with Gasteiger partial charge in [-0.1, -0.05) is 74.4 Å². The van der Waals surface area contributed by atoms with E-state index in [1.807, 2.05) is 61.5 Å². The van der Waals surface area contributed by atoms with Gasteiger partial charge in [0.1, 0.15) is 0 Å². The maximum absolute atomic E-state index is 13.8. The Kier molecular flexibility index (Phi) is 6.38. The van der Waals surface area contributed by atoms with Gasteiger partial charge in [0.15, 0.2) is 0 Å². The topological polar surface area (TPSA) is 86.6 Å². The Balaban J connectivity index is 1.59. The number of nitrogens with one attached hydrogen (secondary N) is 1. The number of hydrogen-bond acceptors (Lipinski definition) is 3. The lowest BCUT2D eigenvalue weighted by Gasteiger charge is -2.39. The van der Waals surface area contributed by atoms with E-state index in [-0.39, 0.29) is 18.4 Å². The second kappa shape index (κ2) is 9.07. The van der Waals surface area contributed by atoms with Gasteiger partial charge in [0, 0.05) is 0 Å². The normalized spacial score (nSPS) is 20.3. The molecule has 3 N–H and O–H groups in total. The third-order valence-electron chi connectivity index (χ3n) is 7.73. The molecular weight excluding hydrogens is 402 g/mol. The molecule has 2 aromatic carbocycles. The Bertz CT molecular complexity index is 940. The average molecular weight is 436 g/mol. The summed E-state index contributed by atoms with van der Waals surface area (Å²) in [5.41, 5.74) is 1.66. The lowest BCUT2D eigenvalue weighted by molar-refractivity contribution is -0.154. The first kappa shape index (κ1) is 22.5. The number of carboxylic acid groups (broad SMARTS) is 1. The summed E-state index contributed by atoms with van der Waals surface area (Å²) in [6.07, 6.45) is 4.41. The first-order valence-corrected chi connectivity index (χ1v) is 11.7. The molecule has 1 saturated carbocycles. The van der Waals surface area contributed by atoms with E-state index < -0.39 is 22.8 Å². The van der Waals surface area contributed by atoms with Crippen molar-refractivity contribution in [2.75, 3.05) is 6.61 Å². The van der Waals surface area contributed by atoms with Gasteiger partial charge in [-0.2, -0.15) is 0 Å². The molecule has 2 aromatic rings. The van der Waals surface area contributed by atoms with Gasteiger partial charge < -0.3 is 15.5 Å². The molecule has 0 heterocycles. The highest BCUT2D eigenvalue weighted by Crippen LogP contribution is 2.48. The number of fused-ring (bicyclic) bond motifs is 1. The highest BCUT2D eigenvalue weighted by atomic mass is 16.4. The highest BCUT2D eigenvalue weighted by Gasteiger charge is 2.53. The Morgan fingerprint density at radius 3 is 2.06 bits per heavy atom. The zero-order chi connectivity index (χ0) is 22.8. The Morgan fingerprint density at radius 1 is 0.969 bits per heavy atom. The first-order valence-electron chi connectivity index (χ1n) is 11.7. The minimum absolute atomic E-state index is 0.0325. The van der Waals surface area contributed by atoms with Crippen LogP contribution in [-0.4, -0.2) is 34.2 Å². The standard InChI is InChI=1S/C27H33NO4/c1-19(20-9-3-2-4-10-20)15-23(24(30)31)27(13-7-8-14-27)25(32)28-26(18-29)16-21-11-5-6-12-22(21)17-26/h2-6,9-12,19,23,29H,7-8,13-18H2,1H3,(H,28,32)(H,30,31). The van der Waals surface area contributed by atoms with E-state index in [2.05, 4.69) is 5.32 Å². The number of rotatable bonds is 8. The monoisotopic (exact) mass is 435 g/mol. The zero-order valence-electron chi connectivity index (χ0n) is 18.7. The molecule has 4 rings (SSSR count). The number of aliphatic hydroxyl groups excluding tert-OH is 1. The highest BCUT2D eigenvalue weighted by molar-refractivity contribution is 5.89. The summed E-state index contributed by atoms with van der Waals surface area (Å²) < 4.78 is 0. The van der Waals surface area contributed by atoms with Crippen LogP contribution in [0.2, 0.25) is 0 Å². The van der Waals surface area contributed by atoms with Crippen molar-refractivity contribution in [3.05, 3.63) is 71.3 Å². The molecule has 0 aliphatic heterocycles. The molecule has 1 fully saturated rings. The van der Waals surface area contributed by atoms with Crippen LogP contribution in [0, 0.1) is 11.3 Å². The summed E-state index contributed by atoms with van der Waals surface area (Å²) in [7, 11) is 0. The molecule has 0 aromatic heterocycles. The number of aliphatic carboxylic acids is 1. The molecule has 32 heavy (non-hydrogen) atoms. The molecule has 0 bridgehead atoms. The predicted octanol–water partition coefficient (Wildman–Crippen LogP) is 4.09. The van der Waals surface area contributed by atoms with Crippen molar-refractivity contribution in [2.24, 2.45) is 11.3 Å². The maximum Gasteiger partial charge on any atom is 0.307 e. The van der Waals surface area contributed by atoms with Crippen LogP contribution < -0.4 is 5.32 Å². The van der Waals surface area contributed by atoms with Crippen molar-refractivity contribution >= 4 is 11.9 Å². The van der Waals surface area contributed by atoms with E-state index in [0.717, 1.165) is 29.5 Å². The Morgan fingerprint density at radius 2 is 1.53 bits per heavy atom. The van der Waals surface area contributed by atoms with Gasteiger partial charge in [0.25, 0.3) is 0 Å². The predicted molar refractivity (Wildman–Crippen MR) is 123 cm³/mol. The summed E-state index contributed by atoms with van der Waals surface area (Å²) in [5.74, 6) is -1.84. The van der Waals surface area contributed by atoms with E-state index in [1.54, 1.807) is 0 Å². The first-order chi connectivity index (χ1) is 15.4. The lowest BCUT2D eigenvalue weighted by Crippen LogP contribution is -2.58. The van der Waals surface area contributed by atoms with Crippen LogP contribution in [0.5, 0.6) is 0 Å². The second-order valence-electron chi connectivity index (χ2n) is 9.82. The maximum atomic E-state index is 13.8. The lowest BCUT2D eigenvalue weighted by atomic mass is 9.68. The smallest absolute Gasteiger partial charge is 0.307 e. The van der Waals surface area contributed by atoms with Crippen molar-refractivity contribution < 1.29 is 19.8 Å². The van der Waals surface area contributed by atoms with E-state index >= 15 is 0 Å². The van der Waals surface area contributed by atoms with Crippen molar-refractivity contribution in [1.29, 1.82) is 0 Å². The largest absolute Gasteiger partial charge is 0.481 e. The fraction of sp³-hybridized carbons (Fsp3) is 0.481. The summed E-state index contributed by atoms with van der Waals surface area (Å²) in [6.45, 7) is 1.87. The zero-order valence-corrected chi connectivity index (χ0v) is 18.7. The fourth-order valence-electron chi connectivity index (χ4n) is 5.87. The molecule has 0 radical (unpaired) electrons. The second-order valence-corrected chi connectivity index (χ2v) is 9.82. The Hall–Kier alpha value is -2.66. The van der Waals surface area contributed by atoms with E-state index in [9.17, 15) is 19.8 Å². The molecule has 170 valence electrons. The molecule has 5 nitrogen and oxygen atoms in total. The molecule has 2 unspecified atom stereocenters. The van der Waals surface area contributed by atoms with Gasteiger partial charge in [0.05, 0.1) is 23.5 Å². The molecule has 2 atom stereocenters. The molecule has 0 spiro atoms. The van der Waals surface area contributed by atoms with Crippen LogP contribution in [-0.2, 0) is 22.4 Å². The summed E-state index contributed by atoms with van der Waals surface area (Å²) in [4.78, 5) is 26.3. The molecule has 1 amide bonds. The number of carboxylic acids is 1. The molecule has 5 heteroatoms. The fourth-order valence-corrected chi connectivity index (χ4v) is 5.87. The van der Waals surface area contributed by atoms with Crippen LogP contribution in [0.1, 0.15) is 61.6 Å². The third-order valence-corrected chi connectivity index (χ3v) is 7.73. The van der Waals surface area contributed by atoms with Gasteiger partial charge >= 0.3 is 5.97 Å². The van der Waals surface area contributed by atoms with E-state index in [0.29, 0.717) is 32.1 Å². The quantitative estimate of drug-likeness (QED) is 0.583. The van der Waals surface area contributed by atoms with Gasteiger partial charge in [-0.15, -0.1) is 0 Å². The number of aliphatic hydroxyl groups is 1. The van der Waals surface area contributed by atoms with Gasteiger partial charge in [-0.25, -0.2) is 0 Å². The van der Waals surface area contributed by atoms with Crippen LogP contribution >= 0.6 is 0 Å². The number of carbonyl (C=O) groups excluding carboxylic acids is 1. The summed E-state index contributed by atoms with van der Waals surface area (Å²) in [5, 5.41) is 23.7. The van der Waals surface area contributed by atoms with Gasteiger partial charge in [-0.05, 0) is 54.7 Å². The average Bonchev–Trinajstić information content (AvgIpc) is 3.43. The van der Waals surface area contributed by atoms with Crippen LogP contribution in [0.3, 0.4) is 0 Å². The molecule has 2 aliphatic rings. The minimum atomic E-state index is -0.939.